The van der Waals surface area contributed by atoms with Crippen LogP contribution in [0.2, 0.25) is 0 Å². The molecule has 2 aromatic rings. The summed E-state index contributed by atoms with van der Waals surface area (Å²) in [6.07, 6.45) is 0. The first-order valence-corrected chi connectivity index (χ1v) is 9.96. The van der Waals surface area contributed by atoms with Crippen LogP contribution < -0.4 is 9.47 Å². The van der Waals surface area contributed by atoms with Gasteiger partial charge in [0, 0.05) is 23.5 Å². The summed E-state index contributed by atoms with van der Waals surface area (Å²) >= 11 is 1.44. The maximum Gasteiger partial charge on any atom is 0.295 e. The molecular formula is C21H24N2O5S. The largest absolute Gasteiger partial charge is 0.507 e. The molecule has 1 N–H and O–H groups in total. The van der Waals surface area contributed by atoms with E-state index in [1.807, 2.05) is 36.5 Å². The number of thiophene rings is 1. The van der Waals surface area contributed by atoms with Crippen molar-refractivity contribution in [2.45, 2.75) is 6.04 Å². The Hall–Kier alpha value is -2.84. The number of hydrogen-bond acceptors (Lipinski definition) is 7. The fraction of sp³-hybridized carbons (Fsp3) is 0.333. The number of likely N-dealkylation sites (tertiary alicyclic amines) is 1. The van der Waals surface area contributed by atoms with Gasteiger partial charge in [-0.05, 0) is 43.7 Å². The number of rotatable bonds is 7. The number of hydrogen-bond donors (Lipinski definition) is 1. The van der Waals surface area contributed by atoms with E-state index in [1.54, 1.807) is 18.2 Å². The lowest BCUT2D eigenvalue weighted by Gasteiger charge is -2.25. The van der Waals surface area contributed by atoms with Crippen molar-refractivity contribution in [3.05, 3.63) is 51.7 Å². The summed E-state index contributed by atoms with van der Waals surface area (Å²) in [5, 5.41) is 12.9. The average molecular weight is 416 g/mol. The molecule has 1 amide bonds. The summed E-state index contributed by atoms with van der Waals surface area (Å²) in [6, 6.07) is 7.98. The van der Waals surface area contributed by atoms with Crippen LogP contribution in [0.3, 0.4) is 0 Å². The number of carbonyl (C=O) groups excluding carboxylic acids is 2. The molecule has 1 aromatic heterocycles. The standard InChI is InChI=1S/C21H24N2O5S/c1-22(2)9-10-23-18(16-6-5-11-29-16)17(20(25)21(23)26)19(24)13-7-8-14(27-3)15(12-13)28-4/h5-8,11-12,18,24H,9-10H2,1-4H3/b19-17+/t18-/m1/s1. The quantitative estimate of drug-likeness (QED) is 0.425. The molecule has 3 rings (SSSR count). The van der Waals surface area contributed by atoms with E-state index in [-0.39, 0.29) is 11.3 Å². The average Bonchev–Trinajstić information content (AvgIpc) is 3.32. The zero-order valence-corrected chi connectivity index (χ0v) is 17.7. The fourth-order valence-electron chi connectivity index (χ4n) is 3.30. The molecule has 7 nitrogen and oxygen atoms in total. The van der Waals surface area contributed by atoms with Crippen LogP contribution in [0.25, 0.3) is 5.76 Å². The second-order valence-corrected chi connectivity index (χ2v) is 7.86. The van der Waals surface area contributed by atoms with Gasteiger partial charge in [0.2, 0.25) is 0 Å². The van der Waals surface area contributed by atoms with Crippen LogP contribution in [-0.2, 0) is 9.59 Å². The number of likely N-dealkylation sites (N-methyl/N-ethyl adjacent to an activating group) is 1. The predicted octanol–water partition coefficient (Wildman–Crippen LogP) is 2.75. The lowest BCUT2D eigenvalue weighted by molar-refractivity contribution is -0.140. The van der Waals surface area contributed by atoms with E-state index in [0.717, 1.165) is 4.88 Å². The third-order valence-electron chi connectivity index (χ3n) is 4.80. The topological polar surface area (TPSA) is 79.3 Å². The van der Waals surface area contributed by atoms with Gasteiger partial charge in [0.1, 0.15) is 5.76 Å². The van der Waals surface area contributed by atoms with Gasteiger partial charge in [-0.15, -0.1) is 11.3 Å². The maximum absolute atomic E-state index is 12.9. The van der Waals surface area contributed by atoms with Crippen molar-refractivity contribution >= 4 is 28.8 Å². The highest BCUT2D eigenvalue weighted by molar-refractivity contribution is 7.10. The van der Waals surface area contributed by atoms with Crippen LogP contribution in [0.4, 0.5) is 0 Å². The summed E-state index contributed by atoms with van der Waals surface area (Å²) < 4.78 is 10.5. The SMILES string of the molecule is COc1ccc(/C(O)=C2\C(=O)C(=O)N(CCN(C)C)[C@@H]2c2cccs2)cc1OC. The van der Waals surface area contributed by atoms with Crippen LogP contribution in [-0.4, -0.2) is 68.0 Å². The Balaban J connectivity index is 2.11. The molecule has 0 radical (unpaired) electrons. The fourth-order valence-corrected chi connectivity index (χ4v) is 4.15. The molecule has 1 atom stereocenters. The lowest BCUT2D eigenvalue weighted by Crippen LogP contribution is -2.35. The van der Waals surface area contributed by atoms with E-state index in [9.17, 15) is 14.7 Å². The third-order valence-corrected chi connectivity index (χ3v) is 5.72. The van der Waals surface area contributed by atoms with E-state index >= 15 is 0 Å². The van der Waals surface area contributed by atoms with E-state index in [0.29, 0.717) is 30.2 Å². The van der Waals surface area contributed by atoms with E-state index in [1.165, 1.54) is 30.5 Å². The first-order chi connectivity index (χ1) is 13.9. The summed E-state index contributed by atoms with van der Waals surface area (Å²) in [4.78, 5) is 29.9. The van der Waals surface area contributed by atoms with Gasteiger partial charge >= 0.3 is 0 Å². The molecule has 0 unspecified atom stereocenters. The number of methoxy groups -OCH3 is 2. The second kappa shape index (κ2) is 8.67. The van der Waals surface area contributed by atoms with Crippen molar-refractivity contribution in [3.63, 3.8) is 0 Å². The highest BCUT2D eigenvalue weighted by Gasteiger charge is 2.46. The molecule has 0 spiro atoms. The van der Waals surface area contributed by atoms with Gasteiger partial charge in [0.05, 0.1) is 25.8 Å². The Kier molecular flexibility index (Phi) is 6.24. The number of benzene rings is 1. The van der Waals surface area contributed by atoms with Crippen molar-refractivity contribution < 1.29 is 24.2 Å². The van der Waals surface area contributed by atoms with E-state index < -0.39 is 17.7 Å². The third kappa shape index (κ3) is 3.99. The summed E-state index contributed by atoms with van der Waals surface area (Å²) in [7, 11) is 6.82. The Morgan fingerprint density at radius 3 is 2.48 bits per heavy atom. The van der Waals surface area contributed by atoms with Crippen molar-refractivity contribution in [1.82, 2.24) is 9.80 Å². The van der Waals surface area contributed by atoms with Crippen LogP contribution in [0.15, 0.2) is 41.3 Å². The monoisotopic (exact) mass is 416 g/mol. The van der Waals surface area contributed by atoms with Crippen molar-refractivity contribution in [2.75, 3.05) is 41.4 Å². The lowest BCUT2D eigenvalue weighted by atomic mass is 9.99. The van der Waals surface area contributed by atoms with Crippen LogP contribution in [0.5, 0.6) is 11.5 Å². The van der Waals surface area contributed by atoms with Gasteiger partial charge in [-0.3, -0.25) is 9.59 Å². The van der Waals surface area contributed by atoms with Gasteiger partial charge < -0.3 is 24.4 Å². The predicted molar refractivity (Wildman–Crippen MR) is 111 cm³/mol. The number of aliphatic hydroxyl groups excluding tert-OH is 1. The molecule has 8 heteroatoms. The summed E-state index contributed by atoms with van der Waals surface area (Å²) in [5.41, 5.74) is 0.471. The number of Topliss-reactive ketones (excluding diaryl/α,β-unsaturated/α-hetero) is 1. The molecule has 1 aliphatic heterocycles. The zero-order valence-electron chi connectivity index (χ0n) is 16.8. The van der Waals surface area contributed by atoms with E-state index in [4.69, 9.17) is 9.47 Å². The Bertz CT molecular complexity index is 937. The van der Waals surface area contributed by atoms with Crippen molar-refractivity contribution in [2.24, 2.45) is 0 Å². The smallest absolute Gasteiger partial charge is 0.295 e. The Labute approximate surface area is 173 Å². The molecule has 0 aliphatic carbocycles. The number of ketones is 1. The van der Waals surface area contributed by atoms with Crippen LogP contribution >= 0.6 is 11.3 Å². The molecule has 1 saturated heterocycles. The summed E-state index contributed by atoms with van der Waals surface area (Å²) in [6.45, 7) is 0.980. The first kappa shape index (κ1) is 20.9. The molecule has 1 fully saturated rings. The normalized spacial score (nSPS) is 18.5. The second-order valence-electron chi connectivity index (χ2n) is 6.88. The minimum Gasteiger partial charge on any atom is -0.507 e. The van der Waals surface area contributed by atoms with Gasteiger partial charge in [-0.25, -0.2) is 0 Å². The number of amides is 1. The molecule has 2 heterocycles. The van der Waals surface area contributed by atoms with Gasteiger partial charge in [0.25, 0.3) is 11.7 Å². The molecule has 154 valence electrons. The highest BCUT2D eigenvalue weighted by Crippen LogP contribution is 2.41. The van der Waals surface area contributed by atoms with Gasteiger partial charge in [0.15, 0.2) is 11.5 Å². The first-order valence-electron chi connectivity index (χ1n) is 9.08. The van der Waals surface area contributed by atoms with Crippen LogP contribution in [0, 0.1) is 0 Å². The Morgan fingerprint density at radius 2 is 1.90 bits per heavy atom. The number of carbonyl (C=O) groups is 2. The van der Waals surface area contributed by atoms with Gasteiger partial charge in [-0.1, -0.05) is 6.07 Å². The molecular weight excluding hydrogens is 392 g/mol. The molecule has 0 saturated carbocycles. The summed E-state index contributed by atoms with van der Waals surface area (Å²) in [5.74, 6) is -0.590. The highest BCUT2D eigenvalue weighted by atomic mass is 32.1. The zero-order chi connectivity index (χ0) is 21.1. The molecule has 0 bridgehead atoms. The minimum atomic E-state index is -0.686. The number of ether oxygens (including phenoxy) is 2. The van der Waals surface area contributed by atoms with E-state index in [2.05, 4.69) is 0 Å². The molecule has 29 heavy (non-hydrogen) atoms. The van der Waals surface area contributed by atoms with Gasteiger partial charge in [-0.2, -0.15) is 0 Å². The molecule has 1 aliphatic rings. The minimum absolute atomic E-state index is 0.0865. The number of aliphatic hydroxyl groups is 1. The number of nitrogens with zero attached hydrogens (tertiary/aromatic N) is 2. The Morgan fingerprint density at radius 1 is 1.17 bits per heavy atom. The maximum atomic E-state index is 12.9. The molecule has 1 aromatic carbocycles. The van der Waals surface area contributed by atoms with Crippen LogP contribution in [0.1, 0.15) is 16.5 Å². The van der Waals surface area contributed by atoms with Crippen molar-refractivity contribution in [3.8, 4) is 11.5 Å². The van der Waals surface area contributed by atoms with Crippen molar-refractivity contribution in [1.29, 1.82) is 0 Å².